The van der Waals surface area contributed by atoms with E-state index < -0.39 is 0 Å². The fourth-order valence-corrected chi connectivity index (χ4v) is 1.23. The summed E-state index contributed by atoms with van der Waals surface area (Å²) in [4.78, 5) is 14.7. The van der Waals surface area contributed by atoms with Crippen molar-refractivity contribution in [2.45, 2.75) is 33.4 Å². The van der Waals surface area contributed by atoms with Crippen LogP contribution >= 0.6 is 0 Å². The van der Waals surface area contributed by atoms with Crippen molar-refractivity contribution in [1.29, 1.82) is 0 Å². The van der Waals surface area contributed by atoms with E-state index in [-0.39, 0.29) is 12.2 Å². The molecule has 0 bridgehead atoms. The number of aryl methyl sites for hydroxylation is 1. The van der Waals surface area contributed by atoms with Crippen molar-refractivity contribution in [3.05, 3.63) is 18.2 Å². The molecule has 1 atom stereocenters. The van der Waals surface area contributed by atoms with Gasteiger partial charge in [-0.05, 0) is 13.3 Å². The molecule has 72 valence electrons. The van der Waals surface area contributed by atoms with Gasteiger partial charge in [0.2, 0.25) is 0 Å². The van der Waals surface area contributed by atoms with Crippen molar-refractivity contribution in [3.8, 4) is 0 Å². The van der Waals surface area contributed by atoms with Gasteiger partial charge in [0.1, 0.15) is 0 Å². The lowest BCUT2D eigenvalue weighted by molar-refractivity contribution is -0.149. The first-order valence-corrected chi connectivity index (χ1v) is 4.33. The first-order chi connectivity index (χ1) is 6.15. The van der Waals surface area contributed by atoms with E-state index in [9.17, 15) is 4.79 Å². The molecule has 1 heterocycles. The number of hydrogen-bond acceptors (Lipinski definition) is 3. The van der Waals surface area contributed by atoms with Gasteiger partial charge in [-0.25, -0.2) is 4.98 Å². The Morgan fingerprint density at radius 2 is 2.46 bits per heavy atom. The molecule has 0 saturated carbocycles. The third-order valence-electron chi connectivity index (χ3n) is 1.84. The van der Waals surface area contributed by atoms with Crippen LogP contribution in [0.3, 0.4) is 0 Å². The summed E-state index contributed by atoms with van der Waals surface area (Å²) in [6.45, 7) is 5.26. The predicted molar refractivity (Wildman–Crippen MR) is 48.1 cm³/mol. The van der Waals surface area contributed by atoms with Crippen molar-refractivity contribution >= 4 is 5.97 Å². The summed E-state index contributed by atoms with van der Waals surface area (Å²) in [6, 6.07) is 0. The number of ether oxygens (including phenoxy) is 1. The minimum atomic E-state index is -0.275. The average Bonchev–Trinajstić information content (AvgIpc) is 2.49. The Bertz CT molecular complexity index is 294. The number of carbonyl (C=O) groups is 1. The Labute approximate surface area is 77.5 Å². The van der Waals surface area contributed by atoms with Crippen LogP contribution in [-0.4, -0.2) is 15.5 Å². The third-order valence-corrected chi connectivity index (χ3v) is 1.84. The number of esters is 1. The fraction of sp³-hybridized carbons (Fsp3) is 0.556. The maximum atomic E-state index is 10.7. The van der Waals surface area contributed by atoms with Crippen LogP contribution < -0.4 is 0 Å². The van der Waals surface area contributed by atoms with E-state index >= 15 is 0 Å². The monoisotopic (exact) mass is 182 g/mol. The van der Waals surface area contributed by atoms with Crippen LogP contribution in [0.4, 0.5) is 0 Å². The summed E-state index contributed by atoms with van der Waals surface area (Å²) < 4.78 is 6.87. The fourth-order valence-electron chi connectivity index (χ4n) is 1.23. The predicted octanol–water partition coefficient (Wildman–Crippen LogP) is 1.53. The first kappa shape index (κ1) is 9.77. The molecule has 0 aliphatic rings. The SMILES string of the molecule is CCc1cncn1C(C)OC(C)=O. The Hall–Kier alpha value is -1.32. The molecule has 4 nitrogen and oxygen atoms in total. The quantitative estimate of drug-likeness (QED) is 0.666. The van der Waals surface area contributed by atoms with Crippen LogP contribution in [0, 0.1) is 0 Å². The van der Waals surface area contributed by atoms with Crippen LogP contribution in [0.2, 0.25) is 0 Å². The van der Waals surface area contributed by atoms with Crippen molar-refractivity contribution in [2.75, 3.05) is 0 Å². The summed E-state index contributed by atoms with van der Waals surface area (Å²) in [6.07, 6.45) is 4.06. The molecule has 1 aromatic rings. The lowest BCUT2D eigenvalue weighted by Gasteiger charge is -2.15. The van der Waals surface area contributed by atoms with Crippen LogP contribution in [0.5, 0.6) is 0 Å². The molecule has 0 aliphatic heterocycles. The molecule has 0 amide bonds. The molecule has 0 N–H and O–H groups in total. The molecule has 0 aromatic carbocycles. The second-order valence-electron chi connectivity index (χ2n) is 2.85. The highest BCUT2D eigenvalue weighted by Gasteiger charge is 2.09. The summed E-state index contributed by atoms with van der Waals surface area (Å²) in [5.74, 6) is -0.275. The molecule has 0 radical (unpaired) electrons. The summed E-state index contributed by atoms with van der Waals surface area (Å²) >= 11 is 0. The lowest BCUT2D eigenvalue weighted by atomic mass is 10.3. The zero-order valence-corrected chi connectivity index (χ0v) is 8.15. The Kier molecular flexibility index (Phi) is 3.06. The minimum Gasteiger partial charge on any atom is -0.442 e. The summed E-state index contributed by atoms with van der Waals surface area (Å²) in [5.41, 5.74) is 1.06. The highest BCUT2D eigenvalue weighted by Crippen LogP contribution is 2.11. The minimum absolute atomic E-state index is 0.269. The van der Waals surface area contributed by atoms with Gasteiger partial charge in [-0.3, -0.25) is 9.36 Å². The average molecular weight is 182 g/mol. The molecule has 4 heteroatoms. The summed E-state index contributed by atoms with van der Waals surface area (Å²) in [7, 11) is 0. The number of nitrogens with zero attached hydrogens (tertiary/aromatic N) is 2. The van der Waals surface area contributed by atoms with Gasteiger partial charge in [0, 0.05) is 18.8 Å². The molecule has 0 fully saturated rings. The van der Waals surface area contributed by atoms with Gasteiger partial charge >= 0.3 is 5.97 Å². The molecule has 13 heavy (non-hydrogen) atoms. The van der Waals surface area contributed by atoms with Crippen LogP contribution in [-0.2, 0) is 16.0 Å². The molecule has 0 aliphatic carbocycles. The first-order valence-electron chi connectivity index (χ1n) is 4.33. The van der Waals surface area contributed by atoms with Gasteiger partial charge in [0.05, 0.1) is 6.33 Å². The molecule has 1 rings (SSSR count). The van der Waals surface area contributed by atoms with E-state index in [0.717, 1.165) is 12.1 Å². The van der Waals surface area contributed by atoms with E-state index in [1.807, 2.05) is 18.4 Å². The zero-order chi connectivity index (χ0) is 9.84. The molecule has 0 spiro atoms. The van der Waals surface area contributed by atoms with E-state index in [4.69, 9.17) is 4.74 Å². The zero-order valence-electron chi connectivity index (χ0n) is 8.15. The van der Waals surface area contributed by atoms with E-state index in [0.29, 0.717) is 0 Å². The summed E-state index contributed by atoms with van der Waals surface area (Å²) in [5, 5.41) is 0. The maximum Gasteiger partial charge on any atom is 0.304 e. The molecule has 1 unspecified atom stereocenters. The van der Waals surface area contributed by atoms with Gasteiger partial charge in [-0.2, -0.15) is 0 Å². The van der Waals surface area contributed by atoms with Crippen molar-refractivity contribution in [1.82, 2.24) is 9.55 Å². The highest BCUT2D eigenvalue weighted by atomic mass is 16.6. The topological polar surface area (TPSA) is 44.1 Å². The van der Waals surface area contributed by atoms with Gasteiger partial charge in [-0.15, -0.1) is 0 Å². The van der Waals surface area contributed by atoms with Gasteiger partial charge in [-0.1, -0.05) is 6.92 Å². The van der Waals surface area contributed by atoms with Crippen molar-refractivity contribution in [3.63, 3.8) is 0 Å². The lowest BCUT2D eigenvalue weighted by Crippen LogP contribution is -2.13. The van der Waals surface area contributed by atoms with E-state index in [1.54, 1.807) is 12.5 Å². The van der Waals surface area contributed by atoms with E-state index in [1.165, 1.54) is 6.92 Å². The van der Waals surface area contributed by atoms with Gasteiger partial charge in [0.25, 0.3) is 0 Å². The molecule has 0 saturated heterocycles. The number of carbonyl (C=O) groups excluding carboxylic acids is 1. The molecular formula is C9H14N2O2. The normalized spacial score (nSPS) is 12.5. The van der Waals surface area contributed by atoms with Gasteiger partial charge < -0.3 is 4.74 Å². The van der Waals surface area contributed by atoms with E-state index in [2.05, 4.69) is 4.98 Å². The molecular weight excluding hydrogens is 168 g/mol. The van der Waals surface area contributed by atoms with Crippen molar-refractivity contribution < 1.29 is 9.53 Å². The standard InChI is InChI=1S/C9H14N2O2/c1-4-9-5-10-6-11(9)7(2)13-8(3)12/h5-7H,4H2,1-3H3. The Balaban J connectivity index is 2.75. The Morgan fingerprint density at radius 3 is 3.00 bits per heavy atom. The van der Waals surface area contributed by atoms with Crippen molar-refractivity contribution in [2.24, 2.45) is 0 Å². The van der Waals surface area contributed by atoms with Gasteiger partial charge in [0.15, 0.2) is 6.23 Å². The second kappa shape index (κ2) is 4.07. The second-order valence-corrected chi connectivity index (χ2v) is 2.85. The highest BCUT2D eigenvalue weighted by molar-refractivity contribution is 5.65. The number of imidazole rings is 1. The van der Waals surface area contributed by atoms with Crippen LogP contribution in [0.15, 0.2) is 12.5 Å². The Morgan fingerprint density at radius 1 is 1.77 bits per heavy atom. The third kappa shape index (κ3) is 2.31. The number of aromatic nitrogens is 2. The number of rotatable bonds is 3. The molecule has 1 aromatic heterocycles. The number of hydrogen-bond donors (Lipinski definition) is 0. The maximum absolute atomic E-state index is 10.7. The smallest absolute Gasteiger partial charge is 0.304 e. The van der Waals surface area contributed by atoms with Crippen LogP contribution in [0.25, 0.3) is 0 Å². The largest absolute Gasteiger partial charge is 0.442 e. The van der Waals surface area contributed by atoms with Crippen LogP contribution in [0.1, 0.15) is 32.7 Å².